The number of carboxylic acids is 1. The quantitative estimate of drug-likeness (QED) is 0.376. The van der Waals surface area contributed by atoms with Crippen molar-refractivity contribution in [1.82, 2.24) is 4.98 Å². The Morgan fingerprint density at radius 1 is 1.25 bits per heavy atom. The van der Waals surface area contributed by atoms with Crippen LogP contribution in [0.5, 0.6) is 11.5 Å². The van der Waals surface area contributed by atoms with Gasteiger partial charge in [-0.15, -0.1) is 0 Å². The molecule has 0 spiro atoms. The third-order valence-electron chi connectivity index (χ3n) is 4.01. The topological polar surface area (TPSA) is 112 Å². The molecule has 1 aromatic heterocycles. The maximum Gasteiger partial charge on any atom is 0.328 e. The van der Waals surface area contributed by atoms with Crippen LogP contribution in [-0.2, 0) is 11.4 Å². The molecule has 0 saturated carbocycles. The molecule has 28 heavy (non-hydrogen) atoms. The second-order valence-electron chi connectivity index (χ2n) is 5.77. The first-order valence-corrected chi connectivity index (χ1v) is 8.22. The number of nitrogens with zero attached hydrogens (tertiary/aromatic N) is 2. The summed E-state index contributed by atoms with van der Waals surface area (Å²) in [7, 11) is 1.52. The summed E-state index contributed by atoms with van der Waals surface area (Å²) in [6.07, 6.45) is 4.05. The fraction of sp³-hybridized carbons (Fsp3) is 0.100. The van der Waals surface area contributed by atoms with E-state index < -0.39 is 10.9 Å². The molecular formula is C20H16N2O6. The second kappa shape index (κ2) is 8.17. The maximum atomic E-state index is 11.2. The largest absolute Gasteiger partial charge is 0.496 e. The molecule has 142 valence electrons. The van der Waals surface area contributed by atoms with Gasteiger partial charge in [-0.1, -0.05) is 6.07 Å². The fourth-order valence-corrected chi connectivity index (χ4v) is 2.75. The van der Waals surface area contributed by atoms with E-state index in [1.165, 1.54) is 31.5 Å². The molecule has 0 unspecified atom stereocenters. The third kappa shape index (κ3) is 4.07. The van der Waals surface area contributed by atoms with Crippen LogP contribution in [0.2, 0.25) is 0 Å². The smallest absolute Gasteiger partial charge is 0.328 e. The highest BCUT2D eigenvalue weighted by Crippen LogP contribution is 2.32. The minimum Gasteiger partial charge on any atom is -0.496 e. The number of nitro benzene ring substituents is 1. The van der Waals surface area contributed by atoms with Gasteiger partial charge in [-0.2, -0.15) is 0 Å². The first-order valence-electron chi connectivity index (χ1n) is 8.22. The lowest BCUT2D eigenvalue weighted by molar-refractivity contribution is -0.383. The van der Waals surface area contributed by atoms with Gasteiger partial charge >= 0.3 is 5.97 Å². The lowest BCUT2D eigenvalue weighted by Gasteiger charge is -2.12. The predicted molar refractivity (Wildman–Crippen MR) is 102 cm³/mol. The summed E-state index contributed by atoms with van der Waals surface area (Å²) in [5, 5.41) is 20.4. The van der Waals surface area contributed by atoms with Crippen molar-refractivity contribution in [3.8, 4) is 11.5 Å². The Kier molecular flexibility index (Phi) is 5.50. The van der Waals surface area contributed by atoms with E-state index in [0.29, 0.717) is 33.5 Å². The number of fused-ring (bicyclic) bond motifs is 1. The number of hydrogen-bond donors (Lipinski definition) is 1. The molecule has 3 aromatic rings. The Bertz CT molecular complexity index is 1080. The standard InChI is InChI=1S/C20H16N2O6/c1-27-17-7-4-13(5-9-19(23)24)11-14(17)12-28-18-8-6-16(22(25)26)15-3-2-10-21-20(15)18/h2-11H,12H2,1H3,(H,23,24). The Labute approximate surface area is 159 Å². The van der Waals surface area contributed by atoms with Crippen molar-refractivity contribution in [1.29, 1.82) is 0 Å². The summed E-state index contributed by atoms with van der Waals surface area (Å²) in [5.74, 6) is -0.0709. The van der Waals surface area contributed by atoms with Crippen LogP contribution in [0.4, 0.5) is 5.69 Å². The summed E-state index contributed by atoms with van der Waals surface area (Å²) in [5.41, 5.74) is 1.71. The number of methoxy groups -OCH3 is 1. The minimum absolute atomic E-state index is 0.0474. The van der Waals surface area contributed by atoms with Gasteiger partial charge in [0.15, 0.2) is 0 Å². The Morgan fingerprint density at radius 3 is 2.75 bits per heavy atom. The highest BCUT2D eigenvalue weighted by atomic mass is 16.6. The van der Waals surface area contributed by atoms with Crippen molar-refractivity contribution in [2.24, 2.45) is 0 Å². The van der Waals surface area contributed by atoms with Crippen LogP contribution in [0.1, 0.15) is 11.1 Å². The highest BCUT2D eigenvalue weighted by Gasteiger charge is 2.16. The van der Waals surface area contributed by atoms with E-state index in [1.54, 1.807) is 30.3 Å². The number of carbonyl (C=O) groups is 1. The van der Waals surface area contributed by atoms with Crippen molar-refractivity contribution in [2.45, 2.75) is 6.61 Å². The molecule has 1 N–H and O–H groups in total. The molecule has 0 bridgehead atoms. The van der Waals surface area contributed by atoms with Gasteiger partial charge in [-0.3, -0.25) is 15.1 Å². The van der Waals surface area contributed by atoms with Crippen LogP contribution in [-0.4, -0.2) is 28.1 Å². The lowest BCUT2D eigenvalue weighted by atomic mass is 10.1. The molecule has 8 heteroatoms. The van der Waals surface area contributed by atoms with Crippen LogP contribution in [0.3, 0.4) is 0 Å². The molecule has 1 heterocycles. The van der Waals surface area contributed by atoms with E-state index in [9.17, 15) is 14.9 Å². The summed E-state index contributed by atoms with van der Waals surface area (Å²) in [6.45, 7) is 0.113. The number of pyridine rings is 1. The van der Waals surface area contributed by atoms with Crippen LogP contribution in [0.25, 0.3) is 17.0 Å². The second-order valence-corrected chi connectivity index (χ2v) is 5.77. The van der Waals surface area contributed by atoms with Gasteiger partial charge in [0.2, 0.25) is 0 Å². The predicted octanol–water partition coefficient (Wildman–Crippen LogP) is 3.83. The molecule has 2 aromatic carbocycles. The molecule has 0 aliphatic carbocycles. The highest BCUT2D eigenvalue weighted by molar-refractivity contribution is 5.92. The molecule has 0 radical (unpaired) electrons. The molecule has 0 fully saturated rings. The SMILES string of the molecule is COc1ccc(C=CC(=O)O)cc1COc1ccc([N+](=O)[O-])c2cccnc12. The number of ether oxygens (including phenoxy) is 2. The molecular weight excluding hydrogens is 364 g/mol. The normalized spacial score (nSPS) is 10.9. The number of carboxylic acid groups (broad SMARTS) is 1. The van der Waals surface area contributed by atoms with Crippen LogP contribution >= 0.6 is 0 Å². The molecule has 0 atom stereocenters. The van der Waals surface area contributed by atoms with E-state index >= 15 is 0 Å². The summed E-state index contributed by atoms with van der Waals surface area (Å²) >= 11 is 0. The number of non-ortho nitro benzene ring substituents is 1. The number of aliphatic carboxylic acids is 1. The number of benzene rings is 2. The van der Waals surface area contributed by atoms with Crippen molar-refractivity contribution >= 4 is 28.6 Å². The zero-order valence-corrected chi connectivity index (χ0v) is 14.9. The monoisotopic (exact) mass is 380 g/mol. The fourth-order valence-electron chi connectivity index (χ4n) is 2.75. The average Bonchev–Trinajstić information content (AvgIpc) is 2.70. The molecule has 0 amide bonds. The zero-order valence-electron chi connectivity index (χ0n) is 14.9. The van der Waals surface area contributed by atoms with Gasteiger partial charge < -0.3 is 14.6 Å². The molecule has 8 nitrogen and oxygen atoms in total. The van der Waals surface area contributed by atoms with Gasteiger partial charge in [0.1, 0.15) is 23.6 Å². The van der Waals surface area contributed by atoms with Gasteiger partial charge in [0.05, 0.1) is 17.4 Å². The first kappa shape index (κ1) is 18.8. The van der Waals surface area contributed by atoms with Crippen molar-refractivity contribution < 1.29 is 24.3 Å². The third-order valence-corrected chi connectivity index (χ3v) is 4.01. The maximum absolute atomic E-state index is 11.2. The van der Waals surface area contributed by atoms with E-state index in [2.05, 4.69) is 4.98 Å². The number of rotatable bonds is 7. The summed E-state index contributed by atoms with van der Waals surface area (Å²) in [4.78, 5) is 25.7. The van der Waals surface area contributed by atoms with Gasteiger partial charge in [-0.25, -0.2) is 4.79 Å². The summed E-state index contributed by atoms with van der Waals surface area (Å²) in [6, 6.07) is 11.3. The van der Waals surface area contributed by atoms with Crippen LogP contribution < -0.4 is 9.47 Å². The summed E-state index contributed by atoms with van der Waals surface area (Å²) < 4.78 is 11.2. The van der Waals surface area contributed by atoms with Crippen LogP contribution in [0.15, 0.2) is 54.7 Å². The minimum atomic E-state index is -1.04. The van der Waals surface area contributed by atoms with E-state index in [-0.39, 0.29) is 12.3 Å². The first-order chi connectivity index (χ1) is 13.5. The Balaban J connectivity index is 1.92. The van der Waals surface area contributed by atoms with Gasteiger partial charge in [0.25, 0.3) is 5.69 Å². The zero-order chi connectivity index (χ0) is 20.1. The van der Waals surface area contributed by atoms with Crippen molar-refractivity contribution in [2.75, 3.05) is 7.11 Å². The number of nitro groups is 1. The molecule has 3 rings (SSSR count). The Hall–Kier alpha value is -3.94. The lowest BCUT2D eigenvalue weighted by Crippen LogP contribution is -2.01. The van der Waals surface area contributed by atoms with Crippen molar-refractivity contribution in [3.05, 3.63) is 76.0 Å². The van der Waals surface area contributed by atoms with Gasteiger partial charge in [-0.05, 0) is 42.0 Å². The average molecular weight is 380 g/mol. The van der Waals surface area contributed by atoms with E-state index in [4.69, 9.17) is 14.6 Å². The molecule has 0 saturated heterocycles. The van der Waals surface area contributed by atoms with E-state index in [0.717, 1.165) is 6.08 Å². The van der Waals surface area contributed by atoms with Crippen LogP contribution in [0, 0.1) is 10.1 Å². The van der Waals surface area contributed by atoms with E-state index in [1.807, 2.05) is 0 Å². The number of hydrogen-bond acceptors (Lipinski definition) is 6. The molecule has 0 aliphatic heterocycles. The van der Waals surface area contributed by atoms with Gasteiger partial charge in [0, 0.05) is 23.9 Å². The molecule has 0 aliphatic rings. The number of aromatic nitrogens is 1. The van der Waals surface area contributed by atoms with Crippen molar-refractivity contribution in [3.63, 3.8) is 0 Å². The Morgan fingerprint density at radius 2 is 2.04 bits per heavy atom.